The van der Waals surface area contributed by atoms with E-state index in [-0.39, 0.29) is 41.5 Å². The fourth-order valence-electron chi connectivity index (χ4n) is 3.61. The molecule has 0 aliphatic carbocycles. The van der Waals surface area contributed by atoms with Crippen molar-refractivity contribution in [3.63, 3.8) is 0 Å². The van der Waals surface area contributed by atoms with Crippen LogP contribution in [0, 0.1) is 18.7 Å². The quantitative estimate of drug-likeness (QED) is 0.714. The molecule has 1 fully saturated rings. The molecule has 1 heterocycles. The largest absolute Gasteiger partial charge is 0.349 e. The van der Waals surface area contributed by atoms with Crippen molar-refractivity contribution in [1.82, 2.24) is 9.62 Å². The summed E-state index contributed by atoms with van der Waals surface area (Å²) in [6.07, 6.45) is 0.855. The summed E-state index contributed by atoms with van der Waals surface area (Å²) in [6, 6.07) is 12.0. The molecule has 0 spiro atoms. The van der Waals surface area contributed by atoms with Gasteiger partial charge in [-0.3, -0.25) is 4.79 Å². The third-order valence-corrected chi connectivity index (χ3v) is 7.70. The molecule has 1 aliphatic heterocycles. The Kier molecular flexibility index (Phi) is 7.16. The third kappa shape index (κ3) is 5.39. The zero-order chi connectivity index (χ0) is 21.9. The predicted molar refractivity (Wildman–Crippen MR) is 116 cm³/mol. The molecule has 30 heavy (non-hydrogen) atoms. The first-order valence-electron chi connectivity index (χ1n) is 9.95. The highest BCUT2D eigenvalue weighted by Gasteiger charge is 2.32. The van der Waals surface area contributed by atoms with Crippen molar-refractivity contribution in [3.8, 4) is 0 Å². The monoisotopic (exact) mass is 452 g/mol. The molecule has 1 aliphatic rings. The van der Waals surface area contributed by atoms with E-state index in [1.165, 1.54) is 22.5 Å². The van der Waals surface area contributed by atoms with Crippen molar-refractivity contribution in [2.24, 2.45) is 5.92 Å². The number of carbonyl (C=O) groups is 1. The number of nitrogens with one attached hydrogen (secondary N) is 1. The summed E-state index contributed by atoms with van der Waals surface area (Å²) in [6.45, 7) is 4.39. The van der Waals surface area contributed by atoms with Crippen LogP contribution in [0.1, 0.15) is 42.5 Å². The highest BCUT2D eigenvalue weighted by atomic mass is 35.5. The maximum atomic E-state index is 14.0. The molecule has 3 rings (SSSR count). The fraction of sp³-hybridized carbons (Fsp3) is 0.409. The second-order valence-corrected chi connectivity index (χ2v) is 10.1. The van der Waals surface area contributed by atoms with Gasteiger partial charge in [-0.1, -0.05) is 47.5 Å². The number of piperidine rings is 1. The molecule has 0 aromatic heterocycles. The molecular weight excluding hydrogens is 427 g/mol. The molecule has 1 N–H and O–H groups in total. The van der Waals surface area contributed by atoms with Crippen LogP contribution in [0.15, 0.2) is 42.5 Å². The summed E-state index contributed by atoms with van der Waals surface area (Å²) in [5.41, 5.74) is 2.16. The number of benzene rings is 2. The van der Waals surface area contributed by atoms with Crippen LogP contribution in [0.25, 0.3) is 0 Å². The van der Waals surface area contributed by atoms with Gasteiger partial charge < -0.3 is 5.32 Å². The first-order valence-corrected chi connectivity index (χ1v) is 11.9. The maximum Gasteiger partial charge on any atom is 0.223 e. The number of aryl methyl sites for hydroxylation is 1. The topological polar surface area (TPSA) is 66.5 Å². The van der Waals surface area contributed by atoms with E-state index >= 15 is 0 Å². The Balaban J connectivity index is 1.57. The Labute approximate surface area is 182 Å². The number of carbonyl (C=O) groups excluding carboxylic acids is 1. The highest BCUT2D eigenvalue weighted by Crippen LogP contribution is 2.26. The normalized spacial score (nSPS) is 16.9. The van der Waals surface area contributed by atoms with Crippen molar-refractivity contribution in [2.75, 3.05) is 13.1 Å². The van der Waals surface area contributed by atoms with Crippen molar-refractivity contribution in [2.45, 2.75) is 38.5 Å². The van der Waals surface area contributed by atoms with Gasteiger partial charge in [0.2, 0.25) is 15.9 Å². The van der Waals surface area contributed by atoms with E-state index in [1.54, 1.807) is 0 Å². The number of halogens is 2. The van der Waals surface area contributed by atoms with E-state index in [0.29, 0.717) is 12.8 Å². The van der Waals surface area contributed by atoms with Gasteiger partial charge >= 0.3 is 0 Å². The molecule has 1 amide bonds. The van der Waals surface area contributed by atoms with Crippen molar-refractivity contribution in [3.05, 3.63) is 70.0 Å². The second kappa shape index (κ2) is 9.45. The number of hydrogen-bond acceptors (Lipinski definition) is 3. The van der Waals surface area contributed by atoms with E-state index in [1.807, 2.05) is 38.1 Å². The first-order chi connectivity index (χ1) is 14.2. The van der Waals surface area contributed by atoms with E-state index in [9.17, 15) is 17.6 Å². The van der Waals surface area contributed by atoms with Crippen molar-refractivity contribution < 1.29 is 17.6 Å². The summed E-state index contributed by atoms with van der Waals surface area (Å²) >= 11 is 5.97. The molecule has 1 saturated heterocycles. The van der Waals surface area contributed by atoms with Gasteiger partial charge in [-0.25, -0.2) is 17.1 Å². The molecule has 0 saturated carbocycles. The predicted octanol–water partition coefficient (Wildman–Crippen LogP) is 4.21. The Hall–Kier alpha value is -1.96. The highest BCUT2D eigenvalue weighted by molar-refractivity contribution is 7.88. The lowest BCUT2D eigenvalue weighted by atomic mass is 9.96. The molecule has 2 aromatic rings. The van der Waals surface area contributed by atoms with Gasteiger partial charge in [0.15, 0.2) is 0 Å². The molecular formula is C22H26ClFN2O3S. The number of amides is 1. The molecule has 162 valence electrons. The van der Waals surface area contributed by atoms with Gasteiger partial charge in [0.25, 0.3) is 0 Å². The Bertz CT molecular complexity index is 983. The SMILES string of the molecule is Cc1ccc([C@H](C)NC(=O)C2CCN(S(=O)(=O)Cc3c(F)cccc3Cl)CC2)cc1. The Morgan fingerprint density at radius 3 is 2.43 bits per heavy atom. The molecule has 2 aromatic carbocycles. The van der Waals surface area contributed by atoms with E-state index in [0.717, 1.165) is 11.1 Å². The molecule has 0 unspecified atom stereocenters. The molecule has 8 heteroatoms. The fourth-order valence-corrected chi connectivity index (χ4v) is 5.53. The molecule has 5 nitrogen and oxygen atoms in total. The smallest absolute Gasteiger partial charge is 0.223 e. The minimum absolute atomic E-state index is 0.0223. The summed E-state index contributed by atoms with van der Waals surface area (Å²) in [4.78, 5) is 12.6. The Morgan fingerprint density at radius 1 is 1.20 bits per heavy atom. The van der Waals surface area contributed by atoms with Crippen LogP contribution in [0.4, 0.5) is 4.39 Å². The summed E-state index contributed by atoms with van der Waals surface area (Å²) in [5, 5.41) is 3.12. The minimum Gasteiger partial charge on any atom is -0.349 e. The second-order valence-electron chi connectivity index (χ2n) is 7.77. The van der Waals surface area contributed by atoms with Crippen LogP contribution in [0.2, 0.25) is 5.02 Å². The summed E-state index contributed by atoms with van der Waals surface area (Å²) in [7, 11) is -3.72. The summed E-state index contributed by atoms with van der Waals surface area (Å²) < 4.78 is 40.8. The third-order valence-electron chi connectivity index (χ3n) is 5.54. The van der Waals surface area contributed by atoms with E-state index in [2.05, 4.69) is 5.32 Å². The zero-order valence-corrected chi connectivity index (χ0v) is 18.6. The van der Waals surface area contributed by atoms with Crippen LogP contribution in [-0.2, 0) is 20.6 Å². The first kappa shape index (κ1) is 22.7. The van der Waals surface area contributed by atoms with Crippen molar-refractivity contribution in [1.29, 1.82) is 0 Å². The van der Waals surface area contributed by atoms with Gasteiger partial charge in [-0.2, -0.15) is 0 Å². The molecule has 1 atom stereocenters. The lowest BCUT2D eigenvalue weighted by Gasteiger charge is -2.31. The van der Waals surface area contributed by atoms with Crippen LogP contribution in [0.3, 0.4) is 0 Å². The lowest BCUT2D eigenvalue weighted by Crippen LogP contribution is -2.43. The molecule has 0 bridgehead atoms. The Morgan fingerprint density at radius 2 is 1.83 bits per heavy atom. The van der Waals surface area contributed by atoms with E-state index < -0.39 is 21.6 Å². The van der Waals surface area contributed by atoms with Crippen molar-refractivity contribution >= 4 is 27.5 Å². The average Bonchev–Trinajstić information content (AvgIpc) is 2.71. The number of nitrogens with zero attached hydrogens (tertiary/aromatic N) is 1. The van der Waals surface area contributed by atoms with Crippen LogP contribution < -0.4 is 5.32 Å². The van der Waals surface area contributed by atoms with Crippen LogP contribution >= 0.6 is 11.6 Å². The molecule has 0 radical (unpaired) electrons. The average molecular weight is 453 g/mol. The summed E-state index contributed by atoms with van der Waals surface area (Å²) in [5.74, 6) is -1.44. The van der Waals surface area contributed by atoms with Gasteiger partial charge in [0, 0.05) is 29.6 Å². The standard InChI is InChI=1S/C22H26ClFN2O3S/c1-15-6-8-17(9-7-15)16(2)25-22(27)18-10-12-26(13-11-18)30(28,29)14-19-20(23)4-3-5-21(19)24/h3-9,16,18H,10-14H2,1-2H3,(H,25,27)/t16-/m0/s1. The van der Waals surface area contributed by atoms with Gasteiger partial charge in [0.05, 0.1) is 11.8 Å². The lowest BCUT2D eigenvalue weighted by molar-refractivity contribution is -0.126. The van der Waals surface area contributed by atoms with Crippen LogP contribution in [-0.4, -0.2) is 31.7 Å². The van der Waals surface area contributed by atoms with Gasteiger partial charge in [0.1, 0.15) is 5.82 Å². The maximum absolute atomic E-state index is 14.0. The number of rotatable bonds is 6. The minimum atomic E-state index is -3.72. The number of sulfonamides is 1. The zero-order valence-electron chi connectivity index (χ0n) is 17.1. The van der Waals surface area contributed by atoms with Gasteiger partial charge in [-0.15, -0.1) is 0 Å². The van der Waals surface area contributed by atoms with E-state index in [4.69, 9.17) is 11.6 Å². The van der Waals surface area contributed by atoms with Gasteiger partial charge in [-0.05, 0) is 44.4 Å². The number of hydrogen-bond donors (Lipinski definition) is 1. The van der Waals surface area contributed by atoms with Crippen LogP contribution in [0.5, 0.6) is 0 Å².